The molecular weight excluding hydrogens is 281 g/mol. The van der Waals surface area contributed by atoms with Crippen molar-refractivity contribution in [3.8, 4) is 5.75 Å². The Kier molecular flexibility index (Phi) is 3.79. The van der Waals surface area contributed by atoms with Gasteiger partial charge in [-0.05, 0) is 42.5 Å². The Bertz CT molecular complexity index is 702. The highest BCUT2D eigenvalue weighted by Crippen LogP contribution is 2.30. The molecule has 3 rings (SSSR count). The summed E-state index contributed by atoms with van der Waals surface area (Å²) in [5.74, 6) is 0.823. The zero-order valence-corrected chi connectivity index (χ0v) is 12.4. The van der Waals surface area contributed by atoms with E-state index < -0.39 is 5.82 Å². The molecule has 1 aliphatic carbocycles. The lowest BCUT2D eigenvalue weighted by molar-refractivity contribution is 0.386. The molecule has 0 saturated heterocycles. The van der Waals surface area contributed by atoms with Crippen LogP contribution in [0.4, 0.5) is 4.39 Å². The van der Waals surface area contributed by atoms with Gasteiger partial charge in [-0.3, -0.25) is 10.4 Å². The summed E-state index contributed by atoms with van der Waals surface area (Å²) in [6, 6.07) is 4.96. The summed E-state index contributed by atoms with van der Waals surface area (Å²) in [5, 5.41) is 11.1. The van der Waals surface area contributed by atoms with Crippen molar-refractivity contribution in [2.24, 2.45) is 10.9 Å². The summed E-state index contributed by atoms with van der Waals surface area (Å²) in [6.45, 7) is 4.56. The van der Waals surface area contributed by atoms with E-state index in [4.69, 9.17) is 10.1 Å². The maximum atomic E-state index is 14.4. The molecule has 2 aliphatic rings. The van der Waals surface area contributed by atoms with Crippen molar-refractivity contribution in [1.29, 1.82) is 5.41 Å². The fourth-order valence-corrected chi connectivity index (χ4v) is 2.29. The second-order valence-corrected chi connectivity index (χ2v) is 5.54. The Labute approximate surface area is 128 Å². The Morgan fingerprint density at radius 3 is 2.91 bits per heavy atom. The molecule has 22 heavy (non-hydrogen) atoms. The number of benzene rings is 1. The van der Waals surface area contributed by atoms with E-state index in [-0.39, 0.29) is 11.5 Å². The highest BCUT2D eigenvalue weighted by Gasteiger charge is 2.24. The molecule has 0 aromatic heterocycles. The average Bonchev–Trinajstić information content (AvgIpc) is 3.33. The number of methoxy groups -OCH3 is 1. The lowest BCUT2D eigenvalue weighted by Crippen LogP contribution is -2.35. The zero-order chi connectivity index (χ0) is 15.7. The molecule has 1 heterocycles. The molecule has 4 nitrogen and oxygen atoms in total. The van der Waals surface area contributed by atoms with Gasteiger partial charge in [0.15, 0.2) is 17.4 Å². The molecule has 1 fully saturated rings. The van der Waals surface area contributed by atoms with Crippen molar-refractivity contribution >= 4 is 17.2 Å². The number of nitrogens with one attached hydrogen (secondary N) is 2. The number of allylic oxidation sites excluding steroid dienone is 1. The summed E-state index contributed by atoms with van der Waals surface area (Å²) < 4.78 is 19.4. The van der Waals surface area contributed by atoms with Gasteiger partial charge in [0.2, 0.25) is 0 Å². The van der Waals surface area contributed by atoms with Gasteiger partial charge in [-0.25, -0.2) is 4.39 Å². The van der Waals surface area contributed by atoms with Gasteiger partial charge in [0.05, 0.1) is 12.8 Å². The number of ether oxygens (including phenoxy) is 1. The van der Waals surface area contributed by atoms with Crippen LogP contribution in [0, 0.1) is 17.1 Å². The minimum Gasteiger partial charge on any atom is -0.494 e. The van der Waals surface area contributed by atoms with E-state index in [1.54, 1.807) is 24.3 Å². The molecule has 0 radical (unpaired) electrons. The Hall–Kier alpha value is -2.43. The first-order chi connectivity index (χ1) is 10.6. The molecule has 1 aliphatic heterocycles. The van der Waals surface area contributed by atoms with Crippen LogP contribution in [0.15, 0.2) is 41.4 Å². The molecule has 1 aromatic rings. The molecule has 114 valence electrons. The third-order valence-corrected chi connectivity index (χ3v) is 3.81. The van der Waals surface area contributed by atoms with Gasteiger partial charge in [0.25, 0.3) is 0 Å². The number of hydrogen-bond acceptors (Lipinski definition) is 3. The molecule has 1 aromatic carbocycles. The van der Waals surface area contributed by atoms with Crippen LogP contribution in [0.25, 0.3) is 5.70 Å². The standard InChI is InChI=1S/C17H18FN3O/c1-10-8-13(12-4-3-5-14(22-2)15(12)18)21-17(16(10)19)20-9-11-6-7-11/h3-5,8,11,19H,1,6-7,9H2,2H3,(H,20,21). The minimum atomic E-state index is -0.438. The van der Waals surface area contributed by atoms with Crippen molar-refractivity contribution in [1.82, 2.24) is 5.32 Å². The van der Waals surface area contributed by atoms with E-state index >= 15 is 0 Å². The minimum absolute atomic E-state index is 0.183. The molecule has 0 spiro atoms. The highest BCUT2D eigenvalue weighted by molar-refractivity contribution is 6.49. The Morgan fingerprint density at radius 1 is 1.45 bits per heavy atom. The van der Waals surface area contributed by atoms with Crippen LogP contribution >= 0.6 is 0 Å². The summed E-state index contributed by atoms with van der Waals surface area (Å²) in [5.41, 5.74) is 1.71. The van der Waals surface area contributed by atoms with E-state index in [9.17, 15) is 4.39 Å². The molecule has 5 heteroatoms. The number of rotatable bonds is 4. The number of halogens is 1. The van der Waals surface area contributed by atoms with Gasteiger partial charge >= 0.3 is 0 Å². The lowest BCUT2D eigenvalue weighted by Gasteiger charge is -2.21. The van der Waals surface area contributed by atoms with Crippen LogP contribution in [-0.4, -0.2) is 25.2 Å². The third kappa shape index (κ3) is 2.79. The van der Waals surface area contributed by atoms with E-state index in [0.29, 0.717) is 35.1 Å². The first kappa shape index (κ1) is 14.5. The van der Waals surface area contributed by atoms with Gasteiger partial charge in [-0.1, -0.05) is 12.6 Å². The summed E-state index contributed by atoms with van der Waals surface area (Å²) >= 11 is 0. The van der Waals surface area contributed by atoms with E-state index in [1.165, 1.54) is 20.0 Å². The zero-order valence-electron chi connectivity index (χ0n) is 12.4. The fraction of sp³-hybridized carbons (Fsp3) is 0.294. The molecule has 0 amide bonds. The highest BCUT2D eigenvalue weighted by atomic mass is 19.1. The maximum Gasteiger partial charge on any atom is 0.174 e. The first-order valence-electron chi connectivity index (χ1n) is 7.24. The van der Waals surface area contributed by atoms with Crippen molar-refractivity contribution in [3.63, 3.8) is 0 Å². The molecule has 0 atom stereocenters. The average molecular weight is 299 g/mol. The van der Waals surface area contributed by atoms with Gasteiger partial charge in [0.1, 0.15) is 5.71 Å². The summed E-state index contributed by atoms with van der Waals surface area (Å²) in [7, 11) is 1.43. The van der Waals surface area contributed by atoms with Crippen LogP contribution in [0.1, 0.15) is 18.4 Å². The first-order valence-corrected chi connectivity index (χ1v) is 7.24. The van der Waals surface area contributed by atoms with Crippen molar-refractivity contribution in [3.05, 3.63) is 47.8 Å². The van der Waals surface area contributed by atoms with Gasteiger partial charge in [-0.2, -0.15) is 0 Å². The van der Waals surface area contributed by atoms with E-state index in [2.05, 4.69) is 16.9 Å². The van der Waals surface area contributed by atoms with Crippen LogP contribution in [-0.2, 0) is 0 Å². The summed E-state index contributed by atoms with van der Waals surface area (Å²) in [6.07, 6.45) is 4.05. The number of amidine groups is 1. The summed E-state index contributed by atoms with van der Waals surface area (Å²) in [4.78, 5) is 4.45. The van der Waals surface area contributed by atoms with Gasteiger partial charge in [-0.15, -0.1) is 0 Å². The van der Waals surface area contributed by atoms with Crippen molar-refractivity contribution < 1.29 is 9.13 Å². The normalized spacial score (nSPS) is 19.9. The third-order valence-electron chi connectivity index (χ3n) is 3.81. The fourth-order valence-electron chi connectivity index (χ4n) is 2.29. The number of aliphatic imine (C=N–C) groups is 1. The van der Waals surface area contributed by atoms with Crippen molar-refractivity contribution in [2.75, 3.05) is 13.7 Å². The molecule has 0 bridgehead atoms. The van der Waals surface area contributed by atoms with Gasteiger partial charge < -0.3 is 10.1 Å². The Morgan fingerprint density at radius 2 is 2.23 bits per heavy atom. The molecule has 0 unspecified atom stereocenters. The van der Waals surface area contributed by atoms with E-state index in [0.717, 1.165) is 0 Å². The SMILES string of the molecule is C=C1C=C(c2cccc(OC)c2F)NC(=NCC2CC2)C1=N. The second-order valence-electron chi connectivity index (χ2n) is 5.54. The van der Waals surface area contributed by atoms with Crippen LogP contribution in [0.2, 0.25) is 0 Å². The van der Waals surface area contributed by atoms with Crippen LogP contribution in [0.5, 0.6) is 5.75 Å². The predicted molar refractivity (Wildman–Crippen MR) is 86.0 cm³/mol. The quantitative estimate of drug-likeness (QED) is 0.897. The van der Waals surface area contributed by atoms with Crippen LogP contribution < -0.4 is 10.1 Å². The van der Waals surface area contributed by atoms with Crippen LogP contribution in [0.3, 0.4) is 0 Å². The molecule has 2 N–H and O–H groups in total. The van der Waals surface area contributed by atoms with E-state index in [1.807, 2.05) is 0 Å². The molecule has 1 saturated carbocycles. The Balaban J connectivity index is 1.93. The topological polar surface area (TPSA) is 57.5 Å². The molecular formula is C17H18FN3O. The second kappa shape index (κ2) is 5.75. The maximum absolute atomic E-state index is 14.4. The smallest absolute Gasteiger partial charge is 0.174 e. The number of nitrogens with zero attached hydrogens (tertiary/aromatic N) is 1. The monoisotopic (exact) mass is 299 g/mol. The largest absolute Gasteiger partial charge is 0.494 e. The van der Waals surface area contributed by atoms with Gasteiger partial charge in [0, 0.05) is 12.1 Å². The van der Waals surface area contributed by atoms with Crippen molar-refractivity contribution in [2.45, 2.75) is 12.8 Å². The predicted octanol–water partition coefficient (Wildman–Crippen LogP) is 3.16. The lowest BCUT2D eigenvalue weighted by atomic mass is 10.0. The number of hydrogen-bond donors (Lipinski definition) is 2.